The summed E-state index contributed by atoms with van der Waals surface area (Å²) in [6.45, 7) is 4.94. The van der Waals surface area contributed by atoms with E-state index in [1.165, 1.54) is 0 Å². The third kappa shape index (κ3) is 3.91. The standard InChI is InChI=1S/C14H21N3O3/c1-3-8-18-10-14(2,15)13-16-12(20-17-13)7-6-11-5-4-9-19-11/h4-5,9H,3,6-8,10,15H2,1-2H3. The van der Waals surface area contributed by atoms with Crippen molar-refractivity contribution in [3.63, 3.8) is 0 Å². The summed E-state index contributed by atoms with van der Waals surface area (Å²) in [5, 5.41) is 3.94. The van der Waals surface area contributed by atoms with Crippen LogP contribution in [0.5, 0.6) is 0 Å². The van der Waals surface area contributed by atoms with E-state index in [1.54, 1.807) is 6.26 Å². The number of aryl methyl sites for hydroxylation is 2. The van der Waals surface area contributed by atoms with Gasteiger partial charge in [-0.05, 0) is 25.5 Å². The first-order valence-corrected chi connectivity index (χ1v) is 6.84. The Morgan fingerprint density at radius 3 is 2.95 bits per heavy atom. The van der Waals surface area contributed by atoms with Gasteiger partial charge in [0.15, 0.2) is 5.82 Å². The van der Waals surface area contributed by atoms with Crippen LogP contribution in [-0.4, -0.2) is 23.4 Å². The van der Waals surface area contributed by atoms with Crippen LogP contribution in [0.25, 0.3) is 0 Å². The summed E-state index contributed by atoms with van der Waals surface area (Å²) in [5.41, 5.74) is 5.42. The maximum atomic E-state index is 6.15. The van der Waals surface area contributed by atoms with Crippen LogP contribution in [0.4, 0.5) is 0 Å². The quantitative estimate of drug-likeness (QED) is 0.744. The van der Waals surface area contributed by atoms with Crippen LogP contribution in [0.1, 0.15) is 37.7 Å². The first-order chi connectivity index (χ1) is 9.62. The van der Waals surface area contributed by atoms with Gasteiger partial charge in [0.25, 0.3) is 0 Å². The molecule has 0 saturated carbocycles. The Kier molecular flexibility index (Phi) is 4.92. The molecule has 0 aliphatic carbocycles. The maximum absolute atomic E-state index is 6.15. The van der Waals surface area contributed by atoms with E-state index < -0.39 is 5.54 Å². The number of aromatic nitrogens is 2. The van der Waals surface area contributed by atoms with Gasteiger partial charge in [-0.3, -0.25) is 0 Å². The van der Waals surface area contributed by atoms with Gasteiger partial charge in [0, 0.05) is 19.4 Å². The molecule has 1 unspecified atom stereocenters. The Morgan fingerprint density at radius 1 is 1.40 bits per heavy atom. The minimum Gasteiger partial charge on any atom is -0.469 e. The van der Waals surface area contributed by atoms with Crippen molar-refractivity contribution in [2.75, 3.05) is 13.2 Å². The molecule has 1 atom stereocenters. The van der Waals surface area contributed by atoms with Crippen LogP contribution in [0.3, 0.4) is 0 Å². The zero-order valence-electron chi connectivity index (χ0n) is 12.0. The van der Waals surface area contributed by atoms with Gasteiger partial charge in [0.2, 0.25) is 5.89 Å². The Hall–Kier alpha value is -1.66. The molecule has 0 saturated heterocycles. The van der Waals surface area contributed by atoms with Crippen molar-refractivity contribution >= 4 is 0 Å². The number of hydrogen-bond donors (Lipinski definition) is 1. The van der Waals surface area contributed by atoms with Gasteiger partial charge in [0.05, 0.1) is 12.9 Å². The number of ether oxygens (including phenoxy) is 1. The van der Waals surface area contributed by atoms with Crippen molar-refractivity contribution in [1.29, 1.82) is 0 Å². The Labute approximate surface area is 118 Å². The third-order valence-corrected chi connectivity index (χ3v) is 2.89. The topological polar surface area (TPSA) is 87.3 Å². The van der Waals surface area contributed by atoms with Crippen molar-refractivity contribution in [1.82, 2.24) is 10.1 Å². The van der Waals surface area contributed by atoms with Crippen molar-refractivity contribution < 1.29 is 13.7 Å². The van der Waals surface area contributed by atoms with Gasteiger partial charge in [-0.25, -0.2) is 0 Å². The highest BCUT2D eigenvalue weighted by atomic mass is 16.5. The predicted octanol–water partition coefficient (Wildman–Crippen LogP) is 2.05. The minimum atomic E-state index is -0.735. The molecule has 2 rings (SSSR count). The molecular formula is C14H21N3O3. The molecule has 2 aromatic rings. The second-order valence-electron chi connectivity index (χ2n) is 5.06. The molecule has 0 aromatic carbocycles. The minimum absolute atomic E-state index is 0.373. The molecule has 0 bridgehead atoms. The highest BCUT2D eigenvalue weighted by Gasteiger charge is 2.27. The smallest absolute Gasteiger partial charge is 0.227 e. The Morgan fingerprint density at radius 2 is 2.25 bits per heavy atom. The van der Waals surface area contributed by atoms with Gasteiger partial charge in [-0.1, -0.05) is 12.1 Å². The molecule has 0 radical (unpaired) electrons. The number of furan rings is 1. The van der Waals surface area contributed by atoms with Gasteiger partial charge in [-0.15, -0.1) is 0 Å². The van der Waals surface area contributed by atoms with E-state index in [4.69, 9.17) is 19.4 Å². The summed E-state index contributed by atoms with van der Waals surface area (Å²) < 4.78 is 15.9. The summed E-state index contributed by atoms with van der Waals surface area (Å²) >= 11 is 0. The lowest BCUT2D eigenvalue weighted by molar-refractivity contribution is 0.0867. The van der Waals surface area contributed by atoms with Gasteiger partial charge < -0.3 is 19.4 Å². The second-order valence-corrected chi connectivity index (χ2v) is 5.06. The average molecular weight is 279 g/mol. The zero-order valence-corrected chi connectivity index (χ0v) is 12.0. The fourth-order valence-electron chi connectivity index (χ4n) is 1.77. The largest absolute Gasteiger partial charge is 0.469 e. The van der Waals surface area contributed by atoms with Crippen LogP contribution in [-0.2, 0) is 23.1 Å². The molecule has 2 N–H and O–H groups in total. The van der Waals surface area contributed by atoms with E-state index in [-0.39, 0.29) is 0 Å². The van der Waals surface area contributed by atoms with Crippen LogP contribution in [0.15, 0.2) is 27.3 Å². The van der Waals surface area contributed by atoms with E-state index >= 15 is 0 Å². The van der Waals surface area contributed by atoms with E-state index in [0.29, 0.717) is 31.3 Å². The highest BCUT2D eigenvalue weighted by molar-refractivity contribution is 5.04. The monoisotopic (exact) mass is 279 g/mol. The van der Waals surface area contributed by atoms with Gasteiger partial charge in [-0.2, -0.15) is 4.98 Å². The Bertz CT molecular complexity index is 505. The van der Waals surface area contributed by atoms with Gasteiger partial charge in [0.1, 0.15) is 11.3 Å². The first-order valence-electron chi connectivity index (χ1n) is 6.84. The van der Waals surface area contributed by atoms with Crippen molar-refractivity contribution in [2.45, 2.75) is 38.6 Å². The van der Waals surface area contributed by atoms with E-state index in [2.05, 4.69) is 17.1 Å². The molecule has 2 aromatic heterocycles. The molecule has 0 aliphatic rings. The van der Waals surface area contributed by atoms with Crippen molar-refractivity contribution in [3.05, 3.63) is 35.9 Å². The lowest BCUT2D eigenvalue weighted by Crippen LogP contribution is -2.39. The molecule has 2 heterocycles. The lowest BCUT2D eigenvalue weighted by Gasteiger charge is -2.19. The molecule has 20 heavy (non-hydrogen) atoms. The number of nitrogens with zero attached hydrogens (tertiary/aromatic N) is 2. The van der Waals surface area contributed by atoms with Crippen LogP contribution in [0, 0.1) is 0 Å². The summed E-state index contributed by atoms with van der Waals surface area (Å²) in [6, 6.07) is 3.78. The number of rotatable bonds is 8. The normalized spacial score (nSPS) is 14.3. The molecule has 0 aliphatic heterocycles. The zero-order chi connectivity index (χ0) is 14.4. The van der Waals surface area contributed by atoms with Crippen LogP contribution >= 0.6 is 0 Å². The summed E-state index contributed by atoms with van der Waals surface area (Å²) in [4.78, 5) is 4.34. The first kappa shape index (κ1) is 14.7. The lowest BCUT2D eigenvalue weighted by atomic mass is 10.1. The SMILES string of the molecule is CCCOCC(C)(N)c1noc(CCc2ccco2)n1. The summed E-state index contributed by atoms with van der Waals surface area (Å²) in [5.74, 6) is 1.93. The van der Waals surface area contributed by atoms with Crippen LogP contribution in [0.2, 0.25) is 0 Å². The molecule has 110 valence electrons. The van der Waals surface area contributed by atoms with Crippen LogP contribution < -0.4 is 5.73 Å². The molecule has 0 amide bonds. The summed E-state index contributed by atoms with van der Waals surface area (Å²) in [7, 11) is 0. The van der Waals surface area contributed by atoms with Gasteiger partial charge >= 0.3 is 0 Å². The molecule has 6 nitrogen and oxygen atoms in total. The fourth-order valence-corrected chi connectivity index (χ4v) is 1.77. The number of nitrogens with two attached hydrogens (primary N) is 1. The second kappa shape index (κ2) is 6.67. The maximum Gasteiger partial charge on any atom is 0.227 e. The number of hydrogen-bond acceptors (Lipinski definition) is 6. The Balaban J connectivity index is 1.90. The molecule has 0 fully saturated rings. The molecular weight excluding hydrogens is 258 g/mol. The van der Waals surface area contributed by atoms with E-state index in [0.717, 1.165) is 18.6 Å². The molecule has 0 spiro atoms. The summed E-state index contributed by atoms with van der Waals surface area (Å²) in [6.07, 6.45) is 3.96. The van der Waals surface area contributed by atoms with Crippen molar-refractivity contribution in [3.8, 4) is 0 Å². The third-order valence-electron chi connectivity index (χ3n) is 2.89. The fraction of sp³-hybridized carbons (Fsp3) is 0.571. The van der Waals surface area contributed by atoms with E-state index in [1.807, 2.05) is 19.1 Å². The van der Waals surface area contributed by atoms with E-state index in [9.17, 15) is 0 Å². The predicted molar refractivity (Wildman–Crippen MR) is 73.1 cm³/mol. The van der Waals surface area contributed by atoms with Crippen molar-refractivity contribution in [2.24, 2.45) is 5.73 Å². The highest BCUT2D eigenvalue weighted by Crippen LogP contribution is 2.16. The molecule has 6 heteroatoms. The average Bonchev–Trinajstić information content (AvgIpc) is 3.08.